The molecule has 1 N–H and O–H groups in total. The van der Waals surface area contributed by atoms with Crippen LogP contribution in [0, 0.1) is 6.92 Å². The van der Waals surface area contributed by atoms with Crippen molar-refractivity contribution in [3.8, 4) is 17.0 Å². The molecule has 0 aliphatic carbocycles. The summed E-state index contributed by atoms with van der Waals surface area (Å²) < 4.78 is 7.67. The van der Waals surface area contributed by atoms with Crippen molar-refractivity contribution < 1.29 is 4.74 Å². The van der Waals surface area contributed by atoms with Crippen molar-refractivity contribution >= 4 is 27.9 Å². The summed E-state index contributed by atoms with van der Waals surface area (Å²) in [6.45, 7) is 2.94. The highest BCUT2D eigenvalue weighted by Gasteiger charge is 2.11. The molecule has 0 amide bonds. The van der Waals surface area contributed by atoms with Crippen molar-refractivity contribution in [3.63, 3.8) is 0 Å². The number of H-pyrrole nitrogens is 1. The Morgan fingerprint density at radius 3 is 2.53 bits per heavy atom. The fourth-order valence-corrected chi connectivity index (χ4v) is 4.88. The Bertz CT molecular complexity index is 1410. The summed E-state index contributed by atoms with van der Waals surface area (Å²) in [4.78, 5) is 9.37. The number of hydrogen-bond donors (Lipinski definition) is 1. The molecule has 0 fully saturated rings. The minimum absolute atomic E-state index is 0.845. The molecule has 2 heterocycles. The van der Waals surface area contributed by atoms with Crippen LogP contribution in [0.4, 0.5) is 5.69 Å². The predicted octanol–water partition coefficient (Wildman–Crippen LogP) is 6.49. The van der Waals surface area contributed by atoms with Crippen molar-refractivity contribution in [1.29, 1.82) is 0 Å². The zero-order valence-electron chi connectivity index (χ0n) is 18.2. The molecule has 0 saturated carbocycles. The highest BCUT2D eigenvalue weighted by Crippen LogP contribution is 2.25. The molecule has 5 heteroatoms. The maximum atomic E-state index is 5.34. The highest BCUT2D eigenvalue weighted by atomic mass is 32.1. The van der Waals surface area contributed by atoms with E-state index in [1.165, 1.54) is 27.7 Å². The molecule has 0 atom stereocenters. The number of nitrogens with one attached hydrogen (secondary N) is 1. The average molecular weight is 440 g/mol. The zero-order chi connectivity index (χ0) is 21.9. The van der Waals surface area contributed by atoms with Crippen molar-refractivity contribution in [2.24, 2.45) is 4.99 Å². The third-order valence-electron chi connectivity index (χ3n) is 5.72. The maximum Gasteiger partial charge on any atom is 0.190 e. The van der Waals surface area contributed by atoms with Gasteiger partial charge < -0.3 is 14.3 Å². The zero-order valence-corrected chi connectivity index (χ0v) is 19.0. The predicted molar refractivity (Wildman–Crippen MR) is 133 cm³/mol. The molecular weight excluding hydrogens is 414 g/mol. The number of aromatic amines is 1. The molecule has 0 aliphatic heterocycles. The van der Waals surface area contributed by atoms with Crippen LogP contribution in [0.15, 0.2) is 89.4 Å². The van der Waals surface area contributed by atoms with Gasteiger partial charge >= 0.3 is 0 Å². The third kappa shape index (κ3) is 4.12. The summed E-state index contributed by atoms with van der Waals surface area (Å²) in [6, 6.07) is 25.1. The summed E-state index contributed by atoms with van der Waals surface area (Å²) in [6.07, 6.45) is 3.05. The van der Waals surface area contributed by atoms with Gasteiger partial charge in [-0.2, -0.15) is 0 Å². The Morgan fingerprint density at radius 2 is 1.75 bits per heavy atom. The van der Waals surface area contributed by atoms with E-state index < -0.39 is 0 Å². The van der Waals surface area contributed by atoms with E-state index in [0.29, 0.717) is 0 Å². The Balaban J connectivity index is 1.55. The number of benzene rings is 3. The standard InChI is InChI=1S/C27H25N3OS/c1-19-7-11-22(12-8-19)29-27-30(16-15-21-17-28-25-6-4-3-5-24(21)25)26(18-32-27)20-9-13-23(31-2)14-10-20/h3-14,17-18,28H,15-16H2,1-2H3. The van der Waals surface area contributed by atoms with Crippen LogP contribution in [0.3, 0.4) is 0 Å². The van der Waals surface area contributed by atoms with Crippen LogP contribution in [-0.4, -0.2) is 16.7 Å². The number of thiazole rings is 1. The lowest BCUT2D eigenvalue weighted by Gasteiger charge is -2.10. The Hall–Kier alpha value is -3.57. The summed E-state index contributed by atoms with van der Waals surface area (Å²) in [5, 5.41) is 3.48. The van der Waals surface area contributed by atoms with Gasteiger partial charge in [-0.25, -0.2) is 4.99 Å². The van der Waals surface area contributed by atoms with Gasteiger partial charge in [0.05, 0.1) is 18.5 Å². The smallest absolute Gasteiger partial charge is 0.190 e. The van der Waals surface area contributed by atoms with Crippen molar-refractivity contribution in [3.05, 3.63) is 100 Å². The Morgan fingerprint density at radius 1 is 0.969 bits per heavy atom. The molecule has 0 unspecified atom stereocenters. The Kier molecular flexibility index (Phi) is 5.65. The van der Waals surface area contributed by atoms with Crippen LogP contribution in [0.25, 0.3) is 22.2 Å². The molecule has 32 heavy (non-hydrogen) atoms. The van der Waals surface area contributed by atoms with E-state index >= 15 is 0 Å². The van der Waals surface area contributed by atoms with Gasteiger partial charge in [0, 0.05) is 29.0 Å². The number of nitrogens with zero attached hydrogens (tertiary/aromatic N) is 2. The first-order valence-electron chi connectivity index (χ1n) is 10.7. The van der Waals surface area contributed by atoms with Crippen LogP contribution < -0.4 is 9.54 Å². The monoisotopic (exact) mass is 439 g/mol. The molecular formula is C27H25N3OS. The lowest BCUT2D eigenvalue weighted by atomic mass is 10.1. The number of methoxy groups -OCH3 is 1. The van der Waals surface area contributed by atoms with E-state index in [4.69, 9.17) is 9.73 Å². The van der Waals surface area contributed by atoms with Crippen LogP contribution in [0.2, 0.25) is 0 Å². The second-order valence-electron chi connectivity index (χ2n) is 7.84. The fraction of sp³-hybridized carbons (Fsp3) is 0.148. The van der Waals surface area contributed by atoms with Crippen LogP contribution in [0.1, 0.15) is 11.1 Å². The summed E-state index contributed by atoms with van der Waals surface area (Å²) >= 11 is 1.68. The van der Waals surface area contributed by atoms with Gasteiger partial charge in [-0.05, 0) is 66.9 Å². The van der Waals surface area contributed by atoms with Gasteiger partial charge in [0.25, 0.3) is 0 Å². The lowest BCUT2D eigenvalue weighted by Crippen LogP contribution is -2.17. The molecule has 0 saturated heterocycles. The van der Waals surface area contributed by atoms with Gasteiger partial charge in [0.2, 0.25) is 0 Å². The van der Waals surface area contributed by atoms with E-state index in [9.17, 15) is 0 Å². The SMILES string of the molecule is COc1ccc(-c2csc(=Nc3ccc(C)cc3)n2CCc2c[nH]c3ccccc23)cc1. The molecule has 5 aromatic rings. The highest BCUT2D eigenvalue weighted by molar-refractivity contribution is 7.07. The minimum Gasteiger partial charge on any atom is -0.497 e. The van der Waals surface area contributed by atoms with Crippen LogP contribution in [0.5, 0.6) is 5.75 Å². The summed E-state index contributed by atoms with van der Waals surface area (Å²) in [5.74, 6) is 0.860. The minimum atomic E-state index is 0.845. The van der Waals surface area contributed by atoms with E-state index in [1.807, 2.05) is 12.1 Å². The van der Waals surface area contributed by atoms with E-state index in [2.05, 4.69) is 88.7 Å². The van der Waals surface area contributed by atoms with E-state index in [1.54, 1.807) is 18.4 Å². The molecule has 160 valence electrons. The van der Waals surface area contributed by atoms with Gasteiger partial charge in [-0.15, -0.1) is 11.3 Å². The van der Waals surface area contributed by atoms with Gasteiger partial charge in [0.15, 0.2) is 4.80 Å². The first kappa shape index (κ1) is 20.3. The van der Waals surface area contributed by atoms with E-state index in [-0.39, 0.29) is 0 Å². The molecule has 0 spiro atoms. The number of fused-ring (bicyclic) bond motifs is 1. The maximum absolute atomic E-state index is 5.34. The second kappa shape index (κ2) is 8.89. The van der Waals surface area contributed by atoms with Crippen LogP contribution in [-0.2, 0) is 13.0 Å². The molecule has 3 aromatic carbocycles. The number of aromatic nitrogens is 2. The molecule has 0 aliphatic rings. The summed E-state index contributed by atoms with van der Waals surface area (Å²) in [7, 11) is 1.69. The van der Waals surface area contributed by atoms with Crippen molar-refractivity contribution in [2.45, 2.75) is 19.9 Å². The van der Waals surface area contributed by atoms with Gasteiger partial charge in [0.1, 0.15) is 5.75 Å². The lowest BCUT2D eigenvalue weighted by molar-refractivity contribution is 0.415. The molecule has 0 bridgehead atoms. The van der Waals surface area contributed by atoms with Crippen LogP contribution >= 0.6 is 11.3 Å². The normalized spacial score (nSPS) is 11.9. The second-order valence-corrected chi connectivity index (χ2v) is 8.68. The number of hydrogen-bond acceptors (Lipinski definition) is 3. The number of para-hydroxylation sites is 1. The first-order valence-corrected chi connectivity index (χ1v) is 11.6. The quantitative estimate of drug-likeness (QED) is 0.323. The first-order chi connectivity index (χ1) is 15.7. The third-order valence-corrected chi connectivity index (χ3v) is 6.59. The van der Waals surface area contributed by atoms with E-state index in [0.717, 1.165) is 34.8 Å². The van der Waals surface area contributed by atoms with Gasteiger partial charge in [-0.1, -0.05) is 35.9 Å². The average Bonchev–Trinajstić information content (AvgIpc) is 3.43. The van der Waals surface area contributed by atoms with Crippen molar-refractivity contribution in [1.82, 2.24) is 9.55 Å². The largest absolute Gasteiger partial charge is 0.497 e. The van der Waals surface area contributed by atoms with Crippen molar-refractivity contribution in [2.75, 3.05) is 7.11 Å². The Labute approximate surface area is 191 Å². The number of aryl methyl sites for hydroxylation is 2. The molecule has 2 aromatic heterocycles. The number of rotatable bonds is 6. The van der Waals surface area contributed by atoms with Gasteiger partial charge in [-0.3, -0.25) is 0 Å². The topological polar surface area (TPSA) is 42.3 Å². The fourth-order valence-electron chi connectivity index (χ4n) is 3.93. The summed E-state index contributed by atoms with van der Waals surface area (Å²) in [5.41, 5.74) is 7.04. The molecule has 4 nitrogen and oxygen atoms in total. The number of ether oxygens (including phenoxy) is 1. The molecule has 0 radical (unpaired) electrons. The molecule has 5 rings (SSSR count).